The zero-order valence-electron chi connectivity index (χ0n) is 9.25. The Morgan fingerprint density at radius 2 is 2.39 bits per heavy atom. The average molecular weight is 268 g/mol. The molecule has 0 atom stereocenters. The SMILES string of the molecule is NCc1cn(CC(=O)Nc2ccnc(Cl)n2)nn1. The van der Waals surface area contributed by atoms with E-state index in [1.807, 2.05) is 0 Å². The lowest BCUT2D eigenvalue weighted by atomic mass is 10.5. The number of anilines is 1. The molecule has 18 heavy (non-hydrogen) atoms. The number of amides is 1. The number of aromatic nitrogens is 5. The first-order valence-electron chi connectivity index (χ1n) is 5.05. The molecule has 94 valence electrons. The molecule has 0 unspecified atom stereocenters. The monoisotopic (exact) mass is 267 g/mol. The van der Waals surface area contributed by atoms with Crippen molar-refractivity contribution in [3.63, 3.8) is 0 Å². The van der Waals surface area contributed by atoms with Gasteiger partial charge >= 0.3 is 0 Å². The van der Waals surface area contributed by atoms with E-state index in [2.05, 4.69) is 25.6 Å². The number of nitrogens with zero attached hydrogens (tertiary/aromatic N) is 5. The molecular weight excluding hydrogens is 258 g/mol. The third kappa shape index (κ3) is 3.22. The lowest BCUT2D eigenvalue weighted by molar-refractivity contribution is -0.116. The summed E-state index contributed by atoms with van der Waals surface area (Å²) in [6, 6.07) is 1.54. The molecule has 2 rings (SSSR count). The van der Waals surface area contributed by atoms with Gasteiger partial charge < -0.3 is 11.1 Å². The molecule has 2 aromatic rings. The quantitative estimate of drug-likeness (QED) is 0.743. The molecule has 0 fully saturated rings. The van der Waals surface area contributed by atoms with Crippen LogP contribution in [0, 0.1) is 0 Å². The summed E-state index contributed by atoms with van der Waals surface area (Å²) in [6.45, 7) is 0.303. The van der Waals surface area contributed by atoms with Crippen LogP contribution in [0.4, 0.5) is 5.82 Å². The highest BCUT2D eigenvalue weighted by molar-refractivity contribution is 6.28. The first-order valence-corrected chi connectivity index (χ1v) is 5.42. The van der Waals surface area contributed by atoms with E-state index in [4.69, 9.17) is 17.3 Å². The second kappa shape index (κ2) is 5.52. The van der Waals surface area contributed by atoms with E-state index in [-0.39, 0.29) is 24.3 Å². The number of carbonyl (C=O) groups excluding carboxylic acids is 1. The Hall–Kier alpha value is -2.06. The number of nitrogens with two attached hydrogens (primary N) is 1. The molecule has 8 nitrogen and oxygen atoms in total. The van der Waals surface area contributed by atoms with E-state index >= 15 is 0 Å². The summed E-state index contributed by atoms with van der Waals surface area (Å²) in [5, 5.41) is 10.2. The molecule has 0 spiro atoms. The molecule has 3 N–H and O–H groups in total. The van der Waals surface area contributed by atoms with Crippen molar-refractivity contribution in [3.05, 3.63) is 29.4 Å². The fourth-order valence-corrected chi connectivity index (χ4v) is 1.39. The fourth-order valence-electron chi connectivity index (χ4n) is 1.24. The standard InChI is InChI=1S/C9H10ClN7O/c10-9-12-2-1-7(14-9)13-8(18)5-17-4-6(3-11)15-16-17/h1-2,4H,3,5,11H2,(H,12,13,14,18). The van der Waals surface area contributed by atoms with E-state index in [0.717, 1.165) is 0 Å². The van der Waals surface area contributed by atoms with Crippen molar-refractivity contribution >= 4 is 23.3 Å². The van der Waals surface area contributed by atoms with Gasteiger partial charge in [-0.05, 0) is 17.7 Å². The minimum atomic E-state index is -0.293. The molecule has 2 heterocycles. The minimum absolute atomic E-state index is 0.0224. The second-order valence-corrected chi connectivity index (χ2v) is 3.71. The molecule has 9 heteroatoms. The molecule has 0 bridgehead atoms. The molecule has 2 aromatic heterocycles. The van der Waals surface area contributed by atoms with Crippen molar-refractivity contribution in [1.82, 2.24) is 25.0 Å². The van der Waals surface area contributed by atoms with Gasteiger partial charge in [0.2, 0.25) is 11.2 Å². The Balaban J connectivity index is 1.96. The van der Waals surface area contributed by atoms with Crippen molar-refractivity contribution in [2.24, 2.45) is 5.73 Å². The lowest BCUT2D eigenvalue weighted by Gasteiger charge is -2.03. The van der Waals surface area contributed by atoms with Gasteiger partial charge in [0.15, 0.2) is 0 Å². The van der Waals surface area contributed by atoms with Crippen LogP contribution in [0.3, 0.4) is 0 Å². The van der Waals surface area contributed by atoms with Crippen LogP contribution >= 0.6 is 11.6 Å². The fraction of sp³-hybridized carbons (Fsp3) is 0.222. The van der Waals surface area contributed by atoms with Crippen LogP contribution < -0.4 is 11.1 Å². The number of halogens is 1. The zero-order chi connectivity index (χ0) is 13.0. The summed E-state index contributed by atoms with van der Waals surface area (Å²) in [5.74, 6) is 0.0393. The molecule has 0 radical (unpaired) electrons. The van der Waals surface area contributed by atoms with E-state index in [0.29, 0.717) is 11.5 Å². The molecule has 1 amide bonds. The van der Waals surface area contributed by atoms with Crippen LogP contribution in [-0.2, 0) is 17.9 Å². The summed E-state index contributed by atoms with van der Waals surface area (Å²) < 4.78 is 1.39. The molecular formula is C9H10ClN7O. The number of hydrogen-bond donors (Lipinski definition) is 2. The van der Waals surface area contributed by atoms with Crippen LogP contribution in [0.15, 0.2) is 18.5 Å². The minimum Gasteiger partial charge on any atom is -0.325 e. The van der Waals surface area contributed by atoms with Crippen LogP contribution in [0.5, 0.6) is 0 Å². The molecule has 0 saturated heterocycles. The normalized spacial score (nSPS) is 10.3. The summed E-state index contributed by atoms with van der Waals surface area (Å²) in [6.07, 6.45) is 3.06. The van der Waals surface area contributed by atoms with Gasteiger partial charge in [-0.1, -0.05) is 5.21 Å². The highest BCUT2D eigenvalue weighted by atomic mass is 35.5. The molecule has 0 aliphatic carbocycles. The zero-order valence-corrected chi connectivity index (χ0v) is 10.0. The maximum Gasteiger partial charge on any atom is 0.247 e. The first-order chi connectivity index (χ1) is 8.67. The maximum absolute atomic E-state index is 11.7. The molecule has 0 saturated carbocycles. The molecule has 0 aliphatic rings. The Kier molecular flexibility index (Phi) is 3.80. The highest BCUT2D eigenvalue weighted by Crippen LogP contribution is 2.05. The van der Waals surface area contributed by atoms with Crippen LogP contribution in [0.1, 0.15) is 5.69 Å². The van der Waals surface area contributed by atoms with Crippen LogP contribution in [-0.4, -0.2) is 30.9 Å². The molecule has 0 aromatic carbocycles. The second-order valence-electron chi connectivity index (χ2n) is 3.37. The predicted molar refractivity (Wildman–Crippen MR) is 63.6 cm³/mol. The largest absolute Gasteiger partial charge is 0.325 e. The highest BCUT2D eigenvalue weighted by Gasteiger charge is 2.07. The number of nitrogens with one attached hydrogen (secondary N) is 1. The summed E-state index contributed by atoms with van der Waals surface area (Å²) in [4.78, 5) is 19.2. The van der Waals surface area contributed by atoms with Gasteiger partial charge in [0.05, 0.1) is 11.9 Å². The van der Waals surface area contributed by atoms with Gasteiger partial charge in [-0.3, -0.25) is 4.79 Å². The lowest BCUT2D eigenvalue weighted by Crippen LogP contribution is -2.19. The Bertz CT molecular complexity index is 555. The van der Waals surface area contributed by atoms with Gasteiger partial charge in [-0.2, -0.15) is 0 Å². The van der Waals surface area contributed by atoms with Gasteiger partial charge in [-0.15, -0.1) is 5.10 Å². The van der Waals surface area contributed by atoms with Crippen molar-refractivity contribution in [3.8, 4) is 0 Å². The maximum atomic E-state index is 11.7. The van der Waals surface area contributed by atoms with Crippen molar-refractivity contribution in [2.75, 3.05) is 5.32 Å². The number of hydrogen-bond acceptors (Lipinski definition) is 6. The van der Waals surface area contributed by atoms with Crippen molar-refractivity contribution in [1.29, 1.82) is 0 Å². The summed E-state index contributed by atoms with van der Waals surface area (Å²) in [5.41, 5.74) is 6.00. The van der Waals surface area contributed by atoms with Crippen LogP contribution in [0.25, 0.3) is 0 Å². The number of carbonyl (C=O) groups is 1. The Labute approximate surface area is 107 Å². The Morgan fingerprint density at radius 3 is 3.06 bits per heavy atom. The molecule has 0 aliphatic heterocycles. The van der Waals surface area contributed by atoms with Gasteiger partial charge in [0, 0.05) is 12.7 Å². The van der Waals surface area contributed by atoms with Crippen LogP contribution in [0.2, 0.25) is 5.28 Å². The van der Waals surface area contributed by atoms with E-state index in [1.165, 1.54) is 16.9 Å². The first kappa shape index (κ1) is 12.4. The van der Waals surface area contributed by atoms with Crippen molar-refractivity contribution < 1.29 is 4.79 Å². The van der Waals surface area contributed by atoms with Gasteiger partial charge in [0.25, 0.3) is 0 Å². The average Bonchev–Trinajstić information content (AvgIpc) is 2.76. The summed E-state index contributed by atoms with van der Waals surface area (Å²) in [7, 11) is 0. The summed E-state index contributed by atoms with van der Waals surface area (Å²) >= 11 is 5.60. The smallest absolute Gasteiger partial charge is 0.247 e. The van der Waals surface area contributed by atoms with E-state index in [9.17, 15) is 4.79 Å². The Morgan fingerprint density at radius 1 is 1.56 bits per heavy atom. The van der Waals surface area contributed by atoms with Crippen molar-refractivity contribution in [2.45, 2.75) is 13.1 Å². The van der Waals surface area contributed by atoms with E-state index < -0.39 is 0 Å². The van der Waals surface area contributed by atoms with E-state index in [1.54, 1.807) is 6.20 Å². The third-order valence-corrected chi connectivity index (χ3v) is 2.18. The van der Waals surface area contributed by atoms with Gasteiger partial charge in [0.1, 0.15) is 12.4 Å². The number of rotatable bonds is 4. The van der Waals surface area contributed by atoms with Gasteiger partial charge in [-0.25, -0.2) is 14.6 Å². The topological polar surface area (TPSA) is 112 Å². The predicted octanol–water partition coefficient (Wildman–Crippen LogP) is -0.181. The third-order valence-electron chi connectivity index (χ3n) is 1.99.